The highest BCUT2D eigenvalue weighted by atomic mass is 32.2. The molecule has 0 saturated heterocycles. The van der Waals surface area contributed by atoms with E-state index < -0.39 is 33.5 Å². The average molecular weight is 291 g/mol. The maximum Gasteiger partial charge on any atom is 0.318 e. The molecule has 0 amide bonds. The number of nitro benzene ring substituents is 1. The molecule has 0 aliphatic heterocycles. The number of carbonyl (C=O) groups excluding carboxylic acids is 1. The number of rotatable bonds is 5. The summed E-state index contributed by atoms with van der Waals surface area (Å²) in [6.45, 7) is 1.61. The quantitative estimate of drug-likeness (QED) is 0.361. The summed E-state index contributed by atoms with van der Waals surface area (Å²) in [5.74, 6) is -2.65. The molecule has 1 atom stereocenters. The summed E-state index contributed by atoms with van der Waals surface area (Å²) in [7, 11) is 1.21. The van der Waals surface area contributed by atoms with E-state index >= 15 is 0 Å². The second kappa shape index (κ2) is 6.46. The monoisotopic (exact) mass is 291 g/mol. The lowest BCUT2D eigenvalue weighted by atomic mass is 10.3. The van der Waals surface area contributed by atoms with Crippen molar-refractivity contribution in [3.05, 3.63) is 33.9 Å². The van der Waals surface area contributed by atoms with Crippen LogP contribution >= 0.6 is 11.8 Å². The highest BCUT2D eigenvalue weighted by molar-refractivity contribution is 8.00. The van der Waals surface area contributed by atoms with Gasteiger partial charge in [-0.05, 0) is 6.07 Å². The number of nitro groups is 1. The van der Waals surface area contributed by atoms with E-state index in [-0.39, 0.29) is 11.3 Å². The van der Waals surface area contributed by atoms with E-state index in [1.807, 2.05) is 0 Å². The van der Waals surface area contributed by atoms with Crippen LogP contribution in [-0.4, -0.2) is 23.3 Å². The van der Waals surface area contributed by atoms with Crippen molar-refractivity contribution in [2.45, 2.75) is 23.5 Å². The molecule has 19 heavy (non-hydrogen) atoms. The fraction of sp³-hybridized carbons (Fsp3) is 0.364. The van der Waals surface area contributed by atoms with Gasteiger partial charge in [-0.25, -0.2) is 4.39 Å². The van der Waals surface area contributed by atoms with Crippen LogP contribution in [0, 0.1) is 21.7 Å². The Bertz CT molecular complexity index is 510. The zero-order chi connectivity index (χ0) is 14.6. The van der Waals surface area contributed by atoms with Crippen molar-refractivity contribution in [2.75, 3.05) is 7.11 Å². The Labute approximate surface area is 112 Å². The molecule has 1 aromatic carbocycles. The molecule has 1 aromatic rings. The lowest BCUT2D eigenvalue weighted by molar-refractivity contribution is -0.390. The van der Waals surface area contributed by atoms with Crippen LogP contribution < -0.4 is 0 Å². The van der Waals surface area contributed by atoms with Crippen molar-refractivity contribution in [1.29, 1.82) is 0 Å². The van der Waals surface area contributed by atoms with E-state index in [4.69, 9.17) is 0 Å². The van der Waals surface area contributed by atoms with Gasteiger partial charge < -0.3 is 4.74 Å². The number of carbonyl (C=O) groups is 1. The standard InChI is InChI=1S/C11H11F2NO4S/c1-6(3-10(15)18-2)19-9-5-7(12)4-8(13)11(9)14(16)17/h4-6H,3H2,1-2H3. The lowest BCUT2D eigenvalue weighted by Crippen LogP contribution is -2.09. The van der Waals surface area contributed by atoms with Crippen molar-refractivity contribution in [3.63, 3.8) is 0 Å². The summed E-state index contributed by atoms with van der Waals surface area (Å²) < 4.78 is 30.9. The molecule has 1 unspecified atom stereocenters. The first-order chi connectivity index (χ1) is 8.85. The zero-order valence-corrected chi connectivity index (χ0v) is 11.0. The van der Waals surface area contributed by atoms with Gasteiger partial charge >= 0.3 is 11.7 Å². The maximum atomic E-state index is 13.4. The van der Waals surface area contributed by atoms with Crippen LogP contribution in [0.15, 0.2) is 17.0 Å². The van der Waals surface area contributed by atoms with E-state index in [2.05, 4.69) is 4.74 Å². The maximum absolute atomic E-state index is 13.4. The first kappa shape index (κ1) is 15.4. The number of ether oxygens (including phenoxy) is 1. The number of thioether (sulfide) groups is 1. The SMILES string of the molecule is COC(=O)CC(C)Sc1cc(F)cc(F)c1[N+](=O)[O-]. The number of hydrogen-bond donors (Lipinski definition) is 0. The average Bonchev–Trinajstić information content (AvgIpc) is 2.26. The van der Waals surface area contributed by atoms with Crippen LogP contribution in [0.5, 0.6) is 0 Å². The number of methoxy groups -OCH3 is 1. The second-order valence-corrected chi connectivity index (χ2v) is 5.18. The van der Waals surface area contributed by atoms with Crippen molar-refractivity contribution in [2.24, 2.45) is 0 Å². The van der Waals surface area contributed by atoms with Gasteiger partial charge in [0.15, 0.2) is 0 Å². The molecular formula is C11H11F2NO4S. The number of hydrogen-bond acceptors (Lipinski definition) is 5. The Kier molecular flexibility index (Phi) is 5.22. The van der Waals surface area contributed by atoms with Gasteiger partial charge in [0.1, 0.15) is 5.82 Å². The molecule has 0 aliphatic rings. The normalized spacial score (nSPS) is 12.0. The van der Waals surface area contributed by atoms with E-state index in [1.54, 1.807) is 6.92 Å². The molecule has 0 aromatic heterocycles. The molecule has 0 N–H and O–H groups in total. The van der Waals surface area contributed by atoms with Crippen LogP contribution in [0.3, 0.4) is 0 Å². The lowest BCUT2D eigenvalue weighted by Gasteiger charge is -2.10. The van der Waals surface area contributed by atoms with Crippen molar-refractivity contribution in [1.82, 2.24) is 0 Å². The fourth-order valence-electron chi connectivity index (χ4n) is 1.39. The topological polar surface area (TPSA) is 69.4 Å². The van der Waals surface area contributed by atoms with Gasteiger partial charge in [0.25, 0.3) is 0 Å². The Morgan fingerprint density at radius 1 is 1.53 bits per heavy atom. The van der Waals surface area contributed by atoms with Crippen molar-refractivity contribution >= 4 is 23.4 Å². The predicted octanol–water partition coefficient (Wildman–Crippen LogP) is 2.92. The Morgan fingerprint density at radius 2 is 2.16 bits per heavy atom. The van der Waals surface area contributed by atoms with Gasteiger partial charge in [-0.1, -0.05) is 6.92 Å². The molecular weight excluding hydrogens is 280 g/mol. The zero-order valence-electron chi connectivity index (χ0n) is 10.2. The van der Waals surface area contributed by atoms with E-state index in [1.165, 1.54) is 7.11 Å². The van der Waals surface area contributed by atoms with Gasteiger partial charge in [0.2, 0.25) is 5.82 Å². The molecule has 5 nitrogen and oxygen atoms in total. The number of benzene rings is 1. The molecule has 0 spiro atoms. The minimum absolute atomic E-state index is 0.0174. The fourth-order valence-corrected chi connectivity index (χ4v) is 2.50. The van der Waals surface area contributed by atoms with Gasteiger partial charge in [-0.15, -0.1) is 11.8 Å². The number of esters is 1. The molecule has 0 aliphatic carbocycles. The minimum Gasteiger partial charge on any atom is -0.469 e. The predicted molar refractivity (Wildman–Crippen MR) is 65.0 cm³/mol. The highest BCUT2D eigenvalue weighted by Crippen LogP contribution is 2.35. The minimum atomic E-state index is -1.24. The smallest absolute Gasteiger partial charge is 0.318 e. The summed E-state index contributed by atoms with van der Waals surface area (Å²) in [6, 6.07) is 1.33. The third-order valence-electron chi connectivity index (χ3n) is 2.19. The van der Waals surface area contributed by atoms with Gasteiger partial charge in [-0.2, -0.15) is 4.39 Å². The molecule has 104 valence electrons. The Balaban J connectivity index is 2.99. The van der Waals surface area contributed by atoms with Crippen LogP contribution in [0.2, 0.25) is 0 Å². The second-order valence-electron chi connectivity index (χ2n) is 3.70. The molecule has 0 saturated carbocycles. The number of halogens is 2. The molecule has 8 heteroatoms. The van der Waals surface area contributed by atoms with E-state index in [0.717, 1.165) is 17.8 Å². The van der Waals surface area contributed by atoms with Crippen molar-refractivity contribution < 1.29 is 23.2 Å². The largest absolute Gasteiger partial charge is 0.469 e. The third-order valence-corrected chi connectivity index (χ3v) is 3.32. The third kappa shape index (κ3) is 4.16. The first-order valence-electron chi connectivity index (χ1n) is 5.22. The Hall–Kier alpha value is -1.70. The van der Waals surface area contributed by atoms with Crippen LogP contribution in [-0.2, 0) is 9.53 Å². The summed E-state index contributed by atoms with van der Waals surface area (Å²) in [4.78, 5) is 20.7. The molecule has 1 rings (SSSR count). The van der Waals surface area contributed by atoms with Crippen LogP contribution in [0.25, 0.3) is 0 Å². The molecule has 0 radical (unpaired) electrons. The molecule has 0 fully saturated rings. The Morgan fingerprint density at radius 3 is 2.68 bits per heavy atom. The first-order valence-corrected chi connectivity index (χ1v) is 6.10. The highest BCUT2D eigenvalue weighted by Gasteiger charge is 2.24. The van der Waals surface area contributed by atoms with E-state index in [9.17, 15) is 23.7 Å². The number of nitrogens with zero attached hydrogens (tertiary/aromatic N) is 1. The van der Waals surface area contributed by atoms with E-state index in [0.29, 0.717) is 6.07 Å². The van der Waals surface area contributed by atoms with Crippen LogP contribution in [0.1, 0.15) is 13.3 Å². The van der Waals surface area contributed by atoms with Crippen molar-refractivity contribution in [3.8, 4) is 0 Å². The van der Waals surface area contributed by atoms with Gasteiger partial charge in [0.05, 0.1) is 23.3 Å². The molecule has 0 bridgehead atoms. The van der Waals surface area contributed by atoms with Crippen LogP contribution in [0.4, 0.5) is 14.5 Å². The summed E-state index contributed by atoms with van der Waals surface area (Å²) in [5.41, 5.74) is -0.789. The summed E-state index contributed by atoms with van der Waals surface area (Å²) >= 11 is 0.848. The summed E-state index contributed by atoms with van der Waals surface area (Å²) in [6.07, 6.45) is -0.0174. The van der Waals surface area contributed by atoms with Gasteiger partial charge in [0, 0.05) is 11.3 Å². The molecule has 0 heterocycles. The van der Waals surface area contributed by atoms with Gasteiger partial charge in [-0.3, -0.25) is 14.9 Å². The summed E-state index contributed by atoms with van der Waals surface area (Å²) in [5, 5.41) is 10.3.